The number of nitriles is 2. The summed E-state index contributed by atoms with van der Waals surface area (Å²) < 4.78 is 0. The number of rotatable bonds is 2. The van der Waals surface area contributed by atoms with Crippen LogP contribution in [0.2, 0.25) is 0 Å². The summed E-state index contributed by atoms with van der Waals surface area (Å²) in [6, 6.07) is 20.0. The third-order valence-electron chi connectivity index (χ3n) is 3.73. The van der Waals surface area contributed by atoms with E-state index in [1.807, 2.05) is 48.5 Å². The number of nitrogens with zero attached hydrogens (tertiary/aromatic N) is 2. The summed E-state index contributed by atoms with van der Waals surface area (Å²) in [7, 11) is 0. The van der Waals surface area contributed by atoms with Crippen LogP contribution in [-0.2, 0) is 0 Å². The van der Waals surface area contributed by atoms with E-state index >= 15 is 0 Å². The molecular weight excluding hydrogens is 232 g/mol. The Bertz CT molecular complexity index is 608. The van der Waals surface area contributed by atoms with E-state index in [0.717, 1.165) is 6.42 Å². The second kappa shape index (κ2) is 4.59. The first-order valence-electron chi connectivity index (χ1n) is 6.32. The lowest BCUT2D eigenvalue weighted by molar-refractivity contribution is 1.03. The summed E-state index contributed by atoms with van der Waals surface area (Å²) in [5.74, 6) is 1.11. The van der Waals surface area contributed by atoms with Crippen LogP contribution in [0.25, 0.3) is 0 Å². The van der Waals surface area contributed by atoms with E-state index in [2.05, 4.69) is 12.1 Å². The molecular formula is C17H12N2. The largest absolute Gasteiger partial charge is 0.192 e. The Hall–Kier alpha value is -2.58. The van der Waals surface area contributed by atoms with Crippen LogP contribution in [0, 0.1) is 22.7 Å². The van der Waals surface area contributed by atoms with Gasteiger partial charge in [0.25, 0.3) is 0 Å². The maximum Gasteiger partial charge on any atom is 0.0991 e. The number of hydrogen-bond acceptors (Lipinski definition) is 2. The third kappa shape index (κ3) is 2.21. The first kappa shape index (κ1) is 11.5. The highest BCUT2D eigenvalue weighted by molar-refractivity contribution is 5.41. The Balaban J connectivity index is 1.76. The van der Waals surface area contributed by atoms with Crippen LogP contribution in [0.5, 0.6) is 0 Å². The van der Waals surface area contributed by atoms with Gasteiger partial charge >= 0.3 is 0 Å². The van der Waals surface area contributed by atoms with Gasteiger partial charge in [0, 0.05) is 0 Å². The van der Waals surface area contributed by atoms with E-state index in [-0.39, 0.29) is 0 Å². The summed E-state index contributed by atoms with van der Waals surface area (Å²) in [6.45, 7) is 0. The predicted molar refractivity (Wildman–Crippen MR) is 72.4 cm³/mol. The van der Waals surface area contributed by atoms with Crippen LogP contribution >= 0.6 is 0 Å². The SMILES string of the molecule is N#Cc1ccc(C2CC2c2ccc(C#N)cc2)cc1. The molecule has 0 aliphatic heterocycles. The molecule has 0 N–H and O–H groups in total. The molecule has 2 atom stereocenters. The molecule has 0 saturated heterocycles. The Morgan fingerprint density at radius 3 is 1.37 bits per heavy atom. The number of benzene rings is 2. The molecule has 0 bridgehead atoms. The van der Waals surface area contributed by atoms with Crippen molar-refractivity contribution in [1.29, 1.82) is 10.5 Å². The zero-order valence-electron chi connectivity index (χ0n) is 10.4. The summed E-state index contributed by atoms with van der Waals surface area (Å²) in [4.78, 5) is 0. The van der Waals surface area contributed by atoms with Crippen molar-refractivity contribution >= 4 is 0 Å². The fourth-order valence-electron chi connectivity index (χ4n) is 2.54. The fourth-order valence-corrected chi connectivity index (χ4v) is 2.54. The van der Waals surface area contributed by atoms with Crippen molar-refractivity contribution in [2.24, 2.45) is 0 Å². The highest BCUT2D eigenvalue weighted by atomic mass is 14.4. The highest BCUT2D eigenvalue weighted by Crippen LogP contribution is 2.54. The van der Waals surface area contributed by atoms with Crippen molar-refractivity contribution in [3.8, 4) is 12.1 Å². The minimum atomic E-state index is 0.556. The van der Waals surface area contributed by atoms with Gasteiger partial charge in [-0.3, -0.25) is 0 Å². The summed E-state index contributed by atoms with van der Waals surface area (Å²) in [5, 5.41) is 17.6. The van der Waals surface area contributed by atoms with E-state index in [0.29, 0.717) is 23.0 Å². The molecule has 1 saturated carbocycles. The van der Waals surface area contributed by atoms with Crippen molar-refractivity contribution in [2.75, 3.05) is 0 Å². The van der Waals surface area contributed by atoms with Gasteiger partial charge in [-0.1, -0.05) is 24.3 Å². The lowest BCUT2D eigenvalue weighted by Crippen LogP contribution is -1.85. The molecule has 0 spiro atoms. The van der Waals surface area contributed by atoms with Crippen molar-refractivity contribution in [3.63, 3.8) is 0 Å². The van der Waals surface area contributed by atoms with Gasteiger partial charge in [-0.25, -0.2) is 0 Å². The monoisotopic (exact) mass is 244 g/mol. The van der Waals surface area contributed by atoms with Gasteiger partial charge in [-0.2, -0.15) is 10.5 Å². The molecule has 3 rings (SSSR count). The Labute approximate surface area is 112 Å². The predicted octanol–water partition coefficient (Wildman–Crippen LogP) is 3.70. The quantitative estimate of drug-likeness (QED) is 0.808. The lowest BCUT2D eigenvalue weighted by atomic mass is 10.0. The minimum Gasteiger partial charge on any atom is -0.192 e. The fraction of sp³-hybridized carbons (Fsp3) is 0.176. The van der Waals surface area contributed by atoms with Gasteiger partial charge in [0.15, 0.2) is 0 Å². The van der Waals surface area contributed by atoms with Crippen LogP contribution in [0.4, 0.5) is 0 Å². The maximum absolute atomic E-state index is 8.79. The standard InChI is InChI=1S/C17H12N2/c18-10-12-1-5-14(6-2-12)16-9-17(16)15-7-3-13(11-19)4-8-15/h1-8,16-17H,9H2. The van der Waals surface area contributed by atoms with Crippen LogP contribution in [0.1, 0.15) is 40.5 Å². The molecule has 0 aromatic heterocycles. The normalized spacial score (nSPS) is 20.3. The molecule has 2 aromatic carbocycles. The zero-order chi connectivity index (χ0) is 13.2. The van der Waals surface area contributed by atoms with Crippen LogP contribution < -0.4 is 0 Å². The maximum atomic E-state index is 8.79. The summed E-state index contributed by atoms with van der Waals surface area (Å²) in [5.41, 5.74) is 4.01. The van der Waals surface area contributed by atoms with Crippen molar-refractivity contribution < 1.29 is 0 Å². The van der Waals surface area contributed by atoms with E-state index < -0.39 is 0 Å². The van der Waals surface area contributed by atoms with Crippen LogP contribution in [0.3, 0.4) is 0 Å². The van der Waals surface area contributed by atoms with Gasteiger partial charge < -0.3 is 0 Å². The summed E-state index contributed by atoms with van der Waals surface area (Å²) >= 11 is 0. The molecule has 2 nitrogen and oxygen atoms in total. The van der Waals surface area contributed by atoms with Crippen LogP contribution in [0.15, 0.2) is 48.5 Å². The van der Waals surface area contributed by atoms with Crippen molar-refractivity contribution in [3.05, 3.63) is 70.8 Å². The molecule has 1 aliphatic rings. The Kier molecular flexibility index (Phi) is 2.78. The van der Waals surface area contributed by atoms with Gasteiger partial charge in [-0.15, -0.1) is 0 Å². The van der Waals surface area contributed by atoms with Crippen molar-refractivity contribution in [1.82, 2.24) is 0 Å². The summed E-state index contributed by atoms with van der Waals surface area (Å²) in [6.07, 6.45) is 1.15. The van der Waals surface area contributed by atoms with Gasteiger partial charge in [0.2, 0.25) is 0 Å². The van der Waals surface area contributed by atoms with E-state index in [9.17, 15) is 0 Å². The van der Waals surface area contributed by atoms with E-state index in [4.69, 9.17) is 10.5 Å². The molecule has 90 valence electrons. The molecule has 19 heavy (non-hydrogen) atoms. The molecule has 0 radical (unpaired) electrons. The Morgan fingerprint density at radius 1 is 0.684 bits per heavy atom. The average Bonchev–Trinajstić information content (AvgIpc) is 3.28. The molecule has 0 amide bonds. The van der Waals surface area contributed by atoms with Gasteiger partial charge in [0.05, 0.1) is 23.3 Å². The topological polar surface area (TPSA) is 47.6 Å². The molecule has 1 fully saturated rings. The van der Waals surface area contributed by atoms with Crippen LogP contribution in [-0.4, -0.2) is 0 Å². The van der Waals surface area contributed by atoms with Crippen molar-refractivity contribution in [2.45, 2.75) is 18.3 Å². The smallest absolute Gasteiger partial charge is 0.0991 e. The highest BCUT2D eigenvalue weighted by Gasteiger charge is 2.39. The molecule has 1 aliphatic carbocycles. The zero-order valence-corrected chi connectivity index (χ0v) is 10.4. The van der Waals surface area contributed by atoms with Gasteiger partial charge in [0.1, 0.15) is 0 Å². The first-order chi connectivity index (χ1) is 9.31. The van der Waals surface area contributed by atoms with E-state index in [1.54, 1.807) is 0 Å². The molecule has 2 heteroatoms. The number of hydrogen-bond donors (Lipinski definition) is 0. The molecule has 0 heterocycles. The second-order valence-corrected chi connectivity index (χ2v) is 4.92. The average molecular weight is 244 g/mol. The lowest BCUT2D eigenvalue weighted by Gasteiger charge is -2.02. The molecule has 2 unspecified atom stereocenters. The minimum absolute atomic E-state index is 0.556. The third-order valence-corrected chi connectivity index (χ3v) is 3.73. The second-order valence-electron chi connectivity index (χ2n) is 4.92. The first-order valence-corrected chi connectivity index (χ1v) is 6.32. The molecule has 2 aromatic rings. The Morgan fingerprint density at radius 2 is 1.05 bits per heavy atom. The van der Waals surface area contributed by atoms with Gasteiger partial charge in [-0.05, 0) is 53.6 Å². The van der Waals surface area contributed by atoms with E-state index in [1.165, 1.54) is 11.1 Å².